The third-order valence-corrected chi connectivity index (χ3v) is 5.60. The molecule has 0 fully saturated rings. The number of aryl methyl sites for hydroxylation is 3. The van der Waals surface area contributed by atoms with Crippen LogP contribution >= 0.6 is 11.8 Å². The molecule has 1 aromatic carbocycles. The van der Waals surface area contributed by atoms with Gasteiger partial charge in [-0.1, -0.05) is 54.9 Å². The van der Waals surface area contributed by atoms with Gasteiger partial charge in [0.1, 0.15) is 11.6 Å². The molecule has 0 saturated carbocycles. The van der Waals surface area contributed by atoms with Gasteiger partial charge >= 0.3 is 0 Å². The summed E-state index contributed by atoms with van der Waals surface area (Å²) in [5.41, 5.74) is 2.15. The second kappa shape index (κ2) is 9.05. The molecule has 0 spiro atoms. The maximum absolute atomic E-state index is 12.9. The number of para-hydroxylation sites is 1. The predicted octanol–water partition coefficient (Wildman–Crippen LogP) is 4.47. The molecule has 148 valence electrons. The Labute approximate surface area is 168 Å². The van der Waals surface area contributed by atoms with Gasteiger partial charge in [0.2, 0.25) is 5.91 Å². The van der Waals surface area contributed by atoms with Crippen LogP contribution < -0.4 is 5.32 Å². The molecule has 0 aliphatic rings. The van der Waals surface area contributed by atoms with E-state index in [0.29, 0.717) is 16.7 Å². The molecular formula is C20H25N5O2S. The SMILES string of the molecule is CCCCC(Sc1nnc(C)n1-c1ccccc1C)C(=O)Nc1cc(C)on1. The molecule has 0 aliphatic heterocycles. The zero-order valence-electron chi connectivity index (χ0n) is 16.6. The highest BCUT2D eigenvalue weighted by atomic mass is 32.2. The average molecular weight is 400 g/mol. The maximum Gasteiger partial charge on any atom is 0.239 e. The summed E-state index contributed by atoms with van der Waals surface area (Å²) in [6.07, 6.45) is 2.70. The van der Waals surface area contributed by atoms with Crippen LogP contribution in [-0.4, -0.2) is 31.1 Å². The van der Waals surface area contributed by atoms with Gasteiger partial charge in [-0.05, 0) is 38.8 Å². The number of carbonyl (C=O) groups excluding carboxylic acids is 1. The molecule has 1 N–H and O–H groups in total. The van der Waals surface area contributed by atoms with Crippen molar-refractivity contribution in [1.82, 2.24) is 19.9 Å². The summed E-state index contributed by atoms with van der Waals surface area (Å²) in [6, 6.07) is 9.79. The van der Waals surface area contributed by atoms with Crippen molar-refractivity contribution in [3.05, 3.63) is 47.5 Å². The molecule has 28 heavy (non-hydrogen) atoms. The minimum Gasteiger partial charge on any atom is -0.360 e. The van der Waals surface area contributed by atoms with Crippen LogP contribution in [0, 0.1) is 20.8 Å². The van der Waals surface area contributed by atoms with Crippen LogP contribution in [0.2, 0.25) is 0 Å². The Kier molecular flexibility index (Phi) is 6.51. The minimum atomic E-state index is -0.302. The van der Waals surface area contributed by atoms with Crippen molar-refractivity contribution in [3.8, 4) is 5.69 Å². The van der Waals surface area contributed by atoms with E-state index >= 15 is 0 Å². The van der Waals surface area contributed by atoms with Gasteiger partial charge in [-0.3, -0.25) is 9.36 Å². The third-order valence-electron chi connectivity index (χ3n) is 4.39. The van der Waals surface area contributed by atoms with Gasteiger partial charge < -0.3 is 9.84 Å². The van der Waals surface area contributed by atoms with Crippen LogP contribution in [-0.2, 0) is 4.79 Å². The summed E-state index contributed by atoms with van der Waals surface area (Å²) in [7, 11) is 0. The number of anilines is 1. The Morgan fingerprint density at radius 3 is 2.71 bits per heavy atom. The van der Waals surface area contributed by atoms with E-state index in [1.807, 2.05) is 29.7 Å². The fourth-order valence-corrected chi connectivity index (χ4v) is 4.03. The summed E-state index contributed by atoms with van der Waals surface area (Å²) in [4.78, 5) is 12.9. The maximum atomic E-state index is 12.9. The summed E-state index contributed by atoms with van der Waals surface area (Å²) in [6.45, 7) is 7.88. The first kappa shape index (κ1) is 20.1. The number of benzene rings is 1. The number of thioether (sulfide) groups is 1. The van der Waals surface area contributed by atoms with E-state index in [-0.39, 0.29) is 11.2 Å². The first-order valence-corrected chi connectivity index (χ1v) is 10.3. The number of hydrogen-bond acceptors (Lipinski definition) is 6. The molecule has 3 rings (SSSR count). The summed E-state index contributed by atoms with van der Waals surface area (Å²) in [5, 5.41) is 15.7. The van der Waals surface area contributed by atoms with Gasteiger partial charge in [0.05, 0.1) is 10.9 Å². The lowest BCUT2D eigenvalue weighted by atomic mass is 10.2. The molecule has 1 atom stereocenters. The molecule has 0 aliphatic carbocycles. The van der Waals surface area contributed by atoms with Crippen LogP contribution in [0.25, 0.3) is 5.69 Å². The standard InChI is InChI=1S/C20H25N5O2S/c1-5-6-11-17(19(26)21-18-12-14(3)27-24-18)28-20-23-22-15(4)25(20)16-10-8-7-9-13(16)2/h7-10,12,17H,5-6,11H2,1-4H3,(H,21,24,26). The smallest absolute Gasteiger partial charge is 0.239 e. The highest BCUT2D eigenvalue weighted by molar-refractivity contribution is 8.00. The zero-order chi connectivity index (χ0) is 20.1. The number of nitrogens with zero attached hydrogens (tertiary/aromatic N) is 4. The van der Waals surface area contributed by atoms with Crippen LogP contribution in [0.5, 0.6) is 0 Å². The van der Waals surface area contributed by atoms with Gasteiger partial charge in [-0.15, -0.1) is 10.2 Å². The quantitative estimate of drug-likeness (QED) is 0.563. The molecule has 7 nitrogen and oxygen atoms in total. The lowest BCUT2D eigenvalue weighted by molar-refractivity contribution is -0.115. The van der Waals surface area contributed by atoms with Crippen molar-refractivity contribution >= 4 is 23.5 Å². The fourth-order valence-electron chi connectivity index (χ4n) is 2.90. The molecule has 1 unspecified atom stereocenters. The Hall–Kier alpha value is -2.61. The molecule has 1 amide bonds. The number of nitrogens with one attached hydrogen (secondary N) is 1. The van der Waals surface area contributed by atoms with Gasteiger partial charge in [0.15, 0.2) is 11.0 Å². The zero-order valence-corrected chi connectivity index (χ0v) is 17.4. The number of rotatable bonds is 8. The van der Waals surface area contributed by atoms with Crippen LogP contribution in [0.3, 0.4) is 0 Å². The van der Waals surface area contributed by atoms with Crippen LogP contribution in [0.1, 0.15) is 43.3 Å². The summed E-state index contributed by atoms with van der Waals surface area (Å²) < 4.78 is 7.05. The first-order chi connectivity index (χ1) is 13.5. The molecule has 8 heteroatoms. The third kappa shape index (κ3) is 4.62. The molecule has 0 saturated heterocycles. The van der Waals surface area contributed by atoms with E-state index in [9.17, 15) is 4.79 Å². The van der Waals surface area contributed by atoms with E-state index in [1.54, 1.807) is 13.0 Å². The monoisotopic (exact) mass is 399 g/mol. The molecule has 3 aromatic rings. The molecular weight excluding hydrogens is 374 g/mol. The summed E-state index contributed by atoms with van der Waals surface area (Å²) in [5.74, 6) is 1.77. The highest BCUT2D eigenvalue weighted by Gasteiger charge is 2.24. The van der Waals surface area contributed by atoms with Gasteiger partial charge in [-0.2, -0.15) is 0 Å². The molecule has 0 radical (unpaired) electrons. The van der Waals surface area contributed by atoms with E-state index in [4.69, 9.17) is 4.52 Å². The first-order valence-electron chi connectivity index (χ1n) is 9.38. The number of unbranched alkanes of at least 4 members (excludes halogenated alkanes) is 1. The average Bonchev–Trinajstić information content (AvgIpc) is 3.24. The second-order valence-corrected chi connectivity index (χ2v) is 7.88. The van der Waals surface area contributed by atoms with Gasteiger partial charge in [0, 0.05) is 6.07 Å². The fraction of sp³-hybridized carbons (Fsp3) is 0.400. The van der Waals surface area contributed by atoms with E-state index < -0.39 is 0 Å². The number of carbonyl (C=O) groups is 1. The molecule has 0 bridgehead atoms. The molecule has 2 heterocycles. The number of aromatic nitrogens is 4. The van der Waals surface area contributed by atoms with Gasteiger partial charge in [-0.25, -0.2) is 0 Å². The highest BCUT2D eigenvalue weighted by Crippen LogP contribution is 2.30. The van der Waals surface area contributed by atoms with Crippen molar-refractivity contribution in [2.24, 2.45) is 0 Å². The Bertz CT molecular complexity index is 950. The van der Waals surface area contributed by atoms with E-state index in [0.717, 1.165) is 36.3 Å². The topological polar surface area (TPSA) is 85.8 Å². The number of hydrogen-bond donors (Lipinski definition) is 1. The number of amides is 1. The lowest BCUT2D eigenvalue weighted by Crippen LogP contribution is -2.26. The van der Waals surface area contributed by atoms with Crippen LogP contribution in [0.4, 0.5) is 5.82 Å². The van der Waals surface area contributed by atoms with E-state index in [1.165, 1.54) is 11.8 Å². The van der Waals surface area contributed by atoms with Gasteiger partial charge in [0.25, 0.3) is 0 Å². The van der Waals surface area contributed by atoms with Crippen molar-refractivity contribution in [2.75, 3.05) is 5.32 Å². The molecule has 2 aromatic heterocycles. The van der Waals surface area contributed by atoms with E-state index in [2.05, 4.69) is 40.6 Å². The minimum absolute atomic E-state index is 0.108. The predicted molar refractivity (Wildman–Crippen MR) is 110 cm³/mol. The van der Waals surface area contributed by atoms with Crippen molar-refractivity contribution in [3.63, 3.8) is 0 Å². The normalized spacial score (nSPS) is 12.1. The lowest BCUT2D eigenvalue weighted by Gasteiger charge is -2.16. The second-order valence-electron chi connectivity index (χ2n) is 6.71. The van der Waals surface area contributed by atoms with Crippen LogP contribution in [0.15, 0.2) is 40.0 Å². The Morgan fingerprint density at radius 1 is 1.25 bits per heavy atom. The van der Waals surface area contributed by atoms with Crippen molar-refractivity contribution in [1.29, 1.82) is 0 Å². The summed E-state index contributed by atoms with van der Waals surface area (Å²) >= 11 is 1.43. The van der Waals surface area contributed by atoms with Crippen molar-refractivity contribution < 1.29 is 9.32 Å². The largest absolute Gasteiger partial charge is 0.360 e. The Morgan fingerprint density at radius 2 is 2.04 bits per heavy atom. The van der Waals surface area contributed by atoms with Crippen molar-refractivity contribution in [2.45, 2.75) is 57.4 Å². The Balaban J connectivity index is 1.85.